The third-order valence-electron chi connectivity index (χ3n) is 4.27. The van der Waals surface area contributed by atoms with Gasteiger partial charge in [-0.15, -0.1) is 0 Å². The Balaban J connectivity index is 1.92. The van der Waals surface area contributed by atoms with Crippen molar-refractivity contribution in [3.63, 3.8) is 0 Å². The van der Waals surface area contributed by atoms with Crippen molar-refractivity contribution in [2.75, 3.05) is 13.2 Å². The molecule has 1 atom stereocenters. The topological polar surface area (TPSA) is 66.6 Å². The molecule has 1 N–H and O–H groups in total. The van der Waals surface area contributed by atoms with E-state index in [2.05, 4.69) is 5.16 Å². The second-order valence-corrected chi connectivity index (χ2v) is 6.12. The van der Waals surface area contributed by atoms with Crippen LogP contribution in [0.4, 0.5) is 0 Å². The molecule has 1 fully saturated rings. The maximum Gasteiger partial charge on any atom is 0.259 e. The molecule has 1 aromatic heterocycles. The predicted molar refractivity (Wildman–Crippen MR) is 87.3 cm³/mol. The average Bonchev–Trinajstić information content (AvgIpc) is 3.05. The largest absolute Gasteiger partial charge is 0.396 e. The van der Waals surface area contributed by atoms with Crippen LogP contribution in [0.2, 0.25) is 5.02 Å². The third-order valence-corrected chi connectivity index (χ3v) is 4.60. The fourth-order valence-corrected chi connectivity index (χ4v) is 3.32. The molecule has 5 nitrogen and oxygen atoms in total. The van der Waals surface area contributed by atoms with Crippen molar-refractivity contribution in [2.24, 2.45) is 0 Å². The van der Waals surface area contributed by atoms with Gasteiger partial charge < -0.3 is 14.5 Å². The van der Waals surface area contributed by atoms with E-state index in [0.29, 0.717) is 34.9 Å². The Morgan fingerprint density at radius 2 is 2.22 bits per heavy atom. The number of carbonyl (C=O) groups excluding carboxylic acids is 1. The third kappa shape index (κ3) is 3.26. The van der Waals surface area contributed by atoms with Crippen LogP contribution in [0.5, 0.6) is 0 Å². The Morgan fingerprint density at radius 3 is 3.00 bits per heavy atom. The van der Waals surface area contributed by atoms with E-state index < -0.39 is 0 Å². The molecule has 23 heavy (non-hydrogen) atoms. The van der Waals surface area contributed by atoms with E-state index in [1.807, 2.05) is 17.0 Å². The van der Waals surface area contributed by atoms with Gasteiger partial charge in [-0.25, -0.2) is 0 Å². The summed E-state index contributed by atoms with van der Waals surface area (Å²) in [6.07, 6.45) is 5.01. The fourth-order valence-electron chi connectivity index (χ4n) is 3.10. The summed E-state index contributed by atoms with van der Waals surface area (Å²) in [7, 11) is 0. The smallest absolute Gasteiger partial charge is 0.259 e. The number of benzene rings is 1. The van der Waals surface area contributed by atoms with E-state index in [4.69, 9.17) is 16.1 Å². The Labute approximate surface area is 139 Å². The summed E-state index contributed by atoms with van der Waals surface area (Å²) in [6, 6.07) is 7.29. The first-order valence-electron chi connectivity index (χ1n) is 7.83. The highest BCUT2D eigenvalue weighted by atomic mass is 35.5. The minimum absolute atomic E-state index is 0.0650. The average molecular weight is 335 g/mol. The molecule has 1 saturated heterocycles. The molecule has 0 bridgehead atoms. The van der Waals surface area contributed by atoms with Crippen LogP contribution in [0.3, 0.4) is 0 Å². The molecule has 122 valence electrons. The van der Waals surface area contributed by atoms with Gasteiger partial charge in [-0.3, -0.25) is 4.79 Å². The molecule has 2 heterocycles. The number of hydrogen-bond acceptors (Lipinski definition) is 4. The highest BCUT2D eigenvalue weighted by Crippen LogP contribution is 2.32. The molecule has 1 aromatic carbocycles. The molecule has 0 spiro atoms. The number of amides is 1. The zero-order chi connectivity index (χ0) is 16.2. The second kappa shape index (κ2) is 7.15. The monoisotopic (exact) mass is 334 g/mol. The summed E-state index contributed by atoms with van der Waals surface area (Å²) in [5, 5.41) is 13.5. The minimum Gasteiger partial charge on any atom is -0.396 e. The van der Waals surface area contributed by atoms with Crippen molar-refractivity contribution in [3.05, 3.63) is 41.0 Å². The van der Waals surface area contributed by atoms with Crippen LogP contribution in [0.15, 0.2) is 35.0 Å². The van der Waals surface area contributed by atoms with Crippen molar-refractivity contribution in [2.45, 2.75) is 31.7 Å². The van der Waals surface area contributed by atoms with Gasteiger partial charge in [-0.05, 0) is 37.8 Å². The molecule has 6 heteroatoms. The number of aromatic nitrogens is 1. The Bertz CT molecular complexity index is 684. The van der Waals surface area contributed by atoms with Crippen molar-refractivity contribution in [1.29, 1.82) is 0 Å². The summed E-state index contributed by atoms with van der Waals surface area (Å²) in [5.41, 5.74) is 1.08. The molecule has 2 aromatic rings. The molecule has 0 aliphatic carbocycles. The van der Waals surface area contributed by atoms with Crippen LogP contribution in [-0.4, -0.2) is 40.3 Å². The van der Waals surface area contributed by atoms with E-state index in [9.17, 15) is 9.90 Å². The van der Waals surface area contributed by atoms with E-state index in [1.54, 1.807) is 12.1 Å². The summed E-state index contributed by atoms with van der Waals surface area (Å²) in [4.78, 5) is 14.8. The van der Waals surface area contributed by atoms with Crippen LogP contribution in [0.1, 0.15) is 36.0 Å². The lowest BCUT2D eigenvalue weighted by Crippen LogP contribution is -2.44. The summed E-state index contributed by atoms with van der Waals surface area (Å²) >= 11 is 6.21. The summed E-state index contributed by atoms with van der Waals surface area (Å²) in [5.74, 6) is 0.285. The zero-order valence-electron chi connectivity index (χ0n) is 12.7. The molecule has 0 saturated carbocycles. The number of hydrogen-bond donors (Lipinski definition) is 1. The SMILES string of the molecule is O=C(c1cnoc1-c1ccccc1Cl)N1CCCCC1CCO. The van der Waals surface area contributed by atoms with Crippen LogP contribution in [0, 0.1) is 0 Å². The van der Waals surface area contributed by atoms with Gasteiger partial charge in [0, 0.05) is 24.8 Å². The van der Waals surface area contributed by atoms with Gasteiger partial charge >= 0.3 is 0 Å². The van der Waals surface area contributed by atoms with Crippen LogP contribution < -0.4 is 0 Å². The lowest BCUT2D eigenvalue weighted by atomic mass is 9.98. The summed E-state index contributed by atoms with van der Waals surface area (Å²) in [6.45, 7) is 0.770. The lowest BCUT2D eigenvalue weighted by molar-refractivity contribution is 0.0575. The Morgan fingerprint density at radius 1 is 1.39 bits per heavy atom. The molecule has 3 rings (SSSR count). The predicted octanol–water partition coefficient (Wildman–Crippen LogP) is 3.37. The zero-order valence-corrected chi connectivity index (χ0v) is 13.5. The van der Waals surface area contributed by atoms with E-state index >= 15 is 0 Å². The molecule has 1 aliphatic heterocycles. The highest BCUT2D eigenvalue weighted by molar-refractivity contribution is 6.33. The molecule has 0 radical (unpaired) electrons. The Kier molecular flexibility index (Phi) is 4.98. The number of nitrogens with zero attached hydrogens (tertiary/aromatic N) is 2. The van der Waals surface area contributed by atoms with Gasteiger partial charge in [0.25, 0.3) is 5.91 Å². The van der Waals surface area contributed by atoms with Gasteiger partial charge in [-0.1, -0.05) is 28.9 Å². The van der Waals surface area contributed by atoms with Crippen molar-refractivity contribution in [3.8, 4) is 11.3 Å². The Hall–Kier alpha value is -1.85. The maximum atomic E-state index is 13.0. The molecule has 1 unspecified atom stereocenters. The molecule has 1 aliphatic rings. The standard InChI is InChI=1S/C17H19ClN2O3/c18-15-7-2-1-6-13(15)16-14(11-19-23-16)17(22)20-9-4-3-5-12(20)8-10-21/h1-2,6-7,11-12,21H,3-5,8-10H2. The summed E-state index contributed by atoms with van der Waals surface area (Å²) < 4.78 is 5.31. The number of rotatable bonds is 4. The van der Waals surface area contributed by atoms with E-state index in [0.717, 1.165) is 19.3 Å². The van der Waals surface area contributed by atoms with Crippen molar-refractivity contribution >= 4 is 17.5 Å². The molecular formula is C17H19ClN2O3. The number of halogens is 1. The first-order valence-corrected chi connectivity index (χ1v) is 8.21. The number of aliphatic hydroxyl groups is 1. The van der Waals surface area contributed by atoms with Crippen LogP contribution >= 0.6 is 11.6 Å². The van der Waals surface area contributed by atoms with Crippen molar-refractivity contribution in [1.82, 2.24) is 10.1 Å². The van der Waals surface area contributed by atoms with Crippen molar-refractivity contribution < 1.29 is 14.4 Å². The van der Waals surface area contributed by atoms with E-state index in [-0.39, 0.29) is 18.6 Å². The van der Waals surface area contributed by atoms with Gasteiger partial charge in [-0.2, -0.15) is 0 Å². The minimum atomic E-state index is -0.112. The highest BCUT2D eigenvalue weighted by Gasteiger charge is 2.30. The lowest BCUT2D eigenvalue weighted by Gasteiger charge is -2.35. The number of carbonyl (C=O) groups is 1. The first-order chi connectivity index (χ1) is 11.2. The quantitative estimate of drug-likeness (QED) is 0.930. The molecule has 1 amide bonds. The van der Waals surface area contributed by atoms with Gasteiger partial charge in [0.1, 0.15) is 5.56 Å². The van der Waals surface area contributed by atoms with Gasteiger partial charge in [0.2, 0.25) is 0 Å². The molecular weight excluding hydrogens is 316 g/mol. The number of likely N-dealkylation sites (tertiary alicyclic amines) is 1. The van der Waals surface area contributed by atoms with Gasteiger partial charge in [0.15, 0.2) is 5.76 Å². The maximum absolute atomic E-state index is 13.0. The van der Waals surface area contributed by atoms with E-state index in [1.165, 1.54) is 6.20 Å². The number of piperidine rings is 1. The van der Waals surface area contributed by atoms with Crippen LogP contribution in [-0.2, 0) is 0 Å². The number of aliphatic hydroxyl groups excluding tert-OH is 1. The van der Waals surface area contributed by atoms with Crippen LogP contribution in [0.25, 0.3) is 11.3 Å². The first kappa shape index (κ1) is 16.0. The second-order valence-electron chi connectivity index (χ2n) is 5.71. The fraction of sp³-hybridized carbons (Fsp3) is 0.412. The normalized spacial score (nSPS) is 18.2. The van der Waals surface area contributed by atoms with Gasteiger partial charge in [0.05, 0.1) is 11.2 Å².